The predicted octanol–water partition coefficient (Wildman–Crippen LogP) is 1.47. The van der Waals surface area contributed by atoms with Gasteiger partial charge in [-0.25, -0.2) is 0 Å². The average Bonchev–Trinajstić information content (AvgIpc) is 2.75. The summed E-state index contributed by atoms with van der Waals surface area (Å²) in [5.41, 5.74) is 0. The summed E-state index contributed by atoms with van der Waals surface area (Å²) < 4.78 is 0. The number of likely N-dealkylation sites (tertiary alicyclic amines) is 1. The van der Waals surface area contributed by atoms with E-state index >= 15 is 0 Å². The topological polar surface area (TPSA) is 15.3 Å². The summed E-state index contributed by atoms with van der Waals surface area (Å²) in [5.74, 6) is 0.930. The molecular weight excluding hydrogens is 160 g/mol. The molecule has 2 aliphatic heterocycles. The minimum atomic E-state index is 0.819. The van der Waals surface area contributed by atoms with E-state index in [4.69, 9.17) is 0 Å². The number of nitrogens with zero attached hydrogens (tertiary/aromatic N) is 1. The molecule has 0 radical (unpaired) electrons. The summed E-state index contributed by atoms with van der Waals surface area (Å²) in [5, 5.41) is 3.55. The smallest absolute Gasteiger partial charge is 0.0236 e. The molecule has 0 aromatic heterocycles. The molecule has 13 heavy (non-hydrogen) atoms. The van der Waals surface area contributed by atoms with Gasteiger partial charge in [0.2, 0.25) is 0 Å². The van der Waals surface area contributed by atoms with E-state index in [1.807, 2.05) is 0 Å². The van der Waals surface area contributed by atoms with Crippen LogP contribution in [0.4, 0.5) is 0 Å². The van der Waals surface area contributed by atoms with Crippen LogP contribution in [0.3, 0.4) is 0 Å². The lowest BCUT2D eigenvalue weighted by atomic mass is 10.0. The summed E-state index contributed by atoms with van der Waals surface area (Å²) in [4.78, 5) is 2.71. The van der Waals surface area contributed by atoms with Gasteiger partial charge in [-0.1, -0.05) is 26.7 Å². The van der Waals surface area contributed by atoms with Crippen LogP contribution in [0.2, 0.25) is 0 Å². The van der Waals surface area contributed by atoms with Gasteiger partial charge in [-0.15, -0.1) is 0 Å². The Bertz CT molecular complexity index is 165. The highest BCUT2D eigenvalue weighted by Crippen LogP contribution is 2.25. The minimum absolute atomic E-state index is 0.819. The van der Waals surface area contributed by atoms with Crippen LogP contribution in [-0.2, 0) is 0 Å². The van der Waals surface area contributed by atoms with Crippen molar-refractivity contribution in [2.75, 3.05) is 19.6 Å². The fourth-order valence-electron chi connectivity index (χ4n) is 2.75. The average molecular weight is 182 g/mol. The Hall–Kier alpha value is -0.0800. The van der Waals surface area contributed by atoms with Crippen molar-refractivity contribution in [2.24, 2.45) is 5.92 Å². The fraction of sp³-hybridized carbons (Fsp3) is 1.00. The number of hydrogen-bond donors (Lipinski definition) is 1. The number of rotatable bonds is 4. The van der Waals surface area contributed by atoms with Gasteiger partial charge in [-0.3, -0.25) is 4.90 Å². The lowest BCUT2D eigenvalue weighted by molar-refractivity contribution is 0.187. The van der Waals surface area contributed by atoms with Crippen molar-refractivity contribution in [3.8, 4) is 0 Å². The van der Waals surface area contributed by atoms with Crippen LogP contribution in [0.5, 0.6) is 0 Å². The highest BCUT2D eigenvalue weighted by atomic mass is 15.3. The van der Waals surface area contributed by atoms with Crippen LogP contribution >= 0.6 is 0 Å². The first-order chi connectivity index (χ1) is 6.33. The summed E-state index contributed by atoms with van der Waals surface area (Å²) in [6, 6.07) is 1.69. The maximum atomic E-state index is 3.55. The van der Waals surface area contributed by atoms with Gasteiger partial charge >= 0.3 is 0 Å². The molecule has 2 heterocycles. The molecule has 0 saturated carbocycles. The zero-order valence-electron chi connectivity index (χ0n) is 8.92. The molecule has 0 amide bonds. The molecular formula is C11H22N2. The molecule has 2 saturated heterocycles. The fourth-order valence-corrected chi connectivity index (χ4v) is 2.75. The Morgan fingerprint density at radius 2 is 2.15 bits per heavy atom. The van der Waals surface area contributed by atoms with Gasteiger partial charge in [0.25, 0.3) is 0 Å². The van der Waals surface area contributed by atoms with Crippen molar-refractivity contribution in [3.05, 3.63) is 0 Å². The number of piperazine rings is 1. The Morgan fingerprint density at radius 3 is 2.62 bits per heavy atom. The first kappa shape index (κ1) is 9.47. The molecule has 2 fully saturated rings. The number of fused-ring (bicyclic) bond motifs is 2. The minimum Gasteiger partial charge on any atom is -0.311 e. The summed E-state index contributed by atoms with van der Waals surface area (Å²) >= 11 is 0. The van der Waals surface area contributed by atoms with E-state index in [0.29, 0.717) is 0 Å². The first-order valence-corrected chi connectivity index (χ1v) is 5.80. The van der Waals surface area contributed by atoms with Crippen molar-refractivity contribution in [3.63, 3.8) is 0 Å². The summed E-state index contributed by atoms with van der Waals surface area (Å²) in [6.45, 7) is 8.53. The molecule has 0 aliphatic carbocycles. The van der Waals surface area contributed by atoms with Crippen LogP contribution < -0.4 is 5.32 Å². The molecule has 2 bridgehead atoms. The van der Waals surface area contributed by atoms with Crippen molar-refractivity contribution in [1.29, 1.82) is 0 Å². The quantitative estimate of drug-likeness (QED) is 0.708. The number of nitrogens with one attached hydrogen (secondary N) is 1. The second-order valence-corrected chi connectivity index (χ2v) is 4.63. The second-order valence-electron chi connectivity index (χ2n) is 4.63. The normalized spacial score (nSPS) is 33.5. The van der Waals surface area contributed by atoms with E-state index in [2.05, 4.69) is 24.1 Å². The first-order valence-electron chi connectivity index (χ1n) is 5.80. The van der Waals surface area contributed by atoms with E-state index in [1.165, 1.54) is 38.9 Å². The molecule has 2 aliphatic rings. The Balaban J connectivity index is 1.82. The molecule has 0 unspecified atom stereocenters. The third kappa shape index (κ3) is 1.89. The standard InChI is InChI=1S/C11H22N2/c1-3-9(4-2)7-13-8-10-5-11(13)6-12-10/h9-12H,3-8H2,1-2H3/t10-,11-/m0/s1. The van der Waals surface area contributed by atoms with E-state index in [-0.39, 0.29) is 0 Å². The molecule has 0 aromatic rings. The van der Waals surface area contributed by atoms with Crippen molar-refractivity contribution in [1.82, 2.24) is 10.2 Å². The maximum absolute atomic E-state index is 3.55. The van der Waals surface area contributed by atoms with Crippen LogP contribution in [0.1, 0.15) is 33.1 Å². The van der Waals surface area contributed by atoms with Gasteiger partial charge in [0, 0.05) is 31.7 Å². The monoisotopic (exact) mass is 182 g/mol. The molecule has 0 aromatic carbocycles. The molecule has 2 heteroatoms. The second kappa shape index (κ2) is 3.97. The molecule has 76 valence electrons. The van der Waals surface area contributed by atoms with Crippen LogP contribution in [0.15, 0.2) is 0 Å². The molecule has 0 spiro atoms. The van der Waals surface area contributed by atoms with Gasteiger partial charge in [0.05, 0.1) is 0 Å². The third-order valence-electron chi connectivity index (χ3n) is 3.82. The lowest BCUT2D eigenvalue weighted by Gasteiger charge is -2.30. The molecule has 2 atom stereocenters. The van der Waals surface area contributed by atoms with Crippen LogP contribution in [0, 0.1) is 5.92 Å². The molecule has 1 N–H and O–H groups in total. The Morgan fingerprint density at radius 1 is 1.38 bits per heavy atom. The van der Waals surface area contributed by atoms with Gasteiger partial charge in [0.1, 0.15) is 0 Å². The largest absolute Gasteiger partial charge is 0.311 e. The molecule has 2 nitrogen and oxygen atoms in total. The van der Waals surface area contributed by atoms with Crippen molar-refractivity contribution in [2.45, 2.75) is 45.2 Å². The summed E-state index contributed by atoms with van der Waals surface area (Å²) in [6.07, 6.45) is 4.09. The van der Waals surface area contributed by atoms with Gasteiger partial charge in [-0.2, -0.15) is 0 Å². The Kier molecular flexibility index (Phi) is 2.89. The van der Waals surface area contributed by atoms with E-state index in [1.54, 1.807) is 0 Å². The third-order valence-corrected chi connectivity index (χ3v) is 3.82. The summed E-state index contributed by atoms with van der Waals surface area (Å²) in [7, 11) is 0. The predicted molar refractivity (Wildman–Crippen MR) is 55.8 cm³/mol. The highest BCUT2D eigenvalue weighted by Gasteiger charge is 2.37. The van der Waals surface area contributed by atoms with Crippen LogP contribution in [-0.4, -0.2) is 36.6 Å². The van der Waals surface area contributed by atoms with E-state index in [0.717, 1.165) is 18.0 Å². The van der Waals surface area contributed by atoms with Crippen molar-refractivity contribution >= 4 is 0 Å². The lowest BCUT2D eigenvalue weighted by Crippen LogP contribution is -2.45. The Labute approximate surface area is 81.7 Å². The highest BCUT2D eigenvalue weighted by molar-refractivity contribution is 4.97. The van der Waals surface area contributed by atoms with E-state index < -0.39 is 0 Å². The maximum Gasteiger partial charge on any atom is 0.0236 e. The zero-order valence-corrected chi connectivity index (χ0v) is 8.92. The van der Waals surface area contributed by atoms with Crippen molar-refractivity contribution < 1.29 is 0 Å². The van der Waals surface area contributed by atoms with Crippen LogP contribution in [0.25, 0.3) is 0 Å². The molecule has 2 rings (SSSR count). The van der Waals surface area contributed by atoms with Gasteiger partial charge in [0.15, 0.2) is 0 Å². The van der Waals surface area contributed by atoms with E-state index in [9.17, 15) is 0 Å². The van der Waals surface area contributed by atoms with Gasteiger partial charge < -0.3 is 5.32 Å². The number of hydrogen-bond acceptors (Lipinski definition) is 2. The van der Waals surface area contributed by atoms with Gasteiger partial charge in [-0.05, 0) is 12.3 Å². The SMILES string of the molecule is CCC(CC)CN1C[C@@H]2C[C@H]1CN2. The zero-order chi connectivity index (χ0) is 9.26.